The Balaban J connectivity index is 1.30. The van der Waals surface area contributed by atoms with Gasteiger partial charge in [-0.25, -0.2) is 9.50 Å². The molecule has 0 spiro atoms. The van der Waals surface area contributed by atoms with Gasteiger partial charge < -0.3 is 10.2 Å². The molecule has 0 saturated carbocycles. The van der Waals surface area contributed by atoms with Gasteiger partial charge in [-0.2, -0.15) is 10.1 Å². The topological polar surface area (TPSA) is 92.5 Å². The predicted octanol–water partition coefficient (Wildman–Crippen LogP) is 2.55. The van der Waals surface area contributed by atoms with Crippen molar-refractivity contribution in [2.24, 2.45) is 5.92 Å². The number of hydrogen-bond acceptors (Lipinski definition) is 5. The number of hydrogen-bond donors (Lipinski definition) is 1. The fourth-order valence-electron chi connectivity index (χ4n) is 4.06. The van der Waals surface area contributed by atoms with Crippen LogP contribution in [0.4, 0.5) is 5.69 Å². The van der Waals surface area contributed by atoms with Crippen LogP contribution in [0.5, 0.6) is 0 Å². The quantitative estimate of drug-likeness (QED) is 0.703. The molecular formula is C22H26N6O2. The molecule has 0 unspecified atom stereocenters. The van der Waals surface area contributed by atoms with Crippen LogP contribution in [0.25, 0.3) is 5.78 Å². The number of para-hydroxylation sites is 1. The Morgan fingerprint density at radius 3 is 2.60 bits per heavy atom. The average Bonchev–Trinajstić information content (AvgIpc) is 3.23. The molecule has 0 aliphatic carbocycles. The van der Waals surface area contributed by atoms with Crippen LogP contribution in [0, 0.1) is 19.8 Å². The summed E-state index contributed by atoms with van der Waals surface area (Å²) in [5, 5.41) is 7.17. The molecule has 3 aromatic rings. The van der Waals surface area contributed by atoms with E-state index in [4.69, 9.17) is 0 Å². The van der Waals surface area contributed by atoms with Crippen molar-refractivity contribution in [1.82, 2.24) is 24.5 Å². The van der Waals surface area contributed by atoms with Crippen LogP contribution in [0.15, 0.2) is 36.7 Å². The fourth-order valence-corrected chi connectivity index (χ4v) is 4.06. The summed E-state index contributed by atoms with van der Waals surface area (Å²) in [4.78, 5) is 35.7. The highest BCUT2D eigenvalue weighted by atomic mass is 16.2. The zero-order chi connectivity index (χ0) is 21.1. The molecule has 1 aromatic carbocycles. The number of rotatable bonds is 5. The monoisotopic (exact) mass is 406 g/mol. The summed E-state index contributed by atoms with van der Waals surface area (Å²) in [6.07, 6.45) is 3.91. The number of likely N-dealkylation sites (tertiary alicyclic amines) is 1. The third-order valence-corrected chi connectivity index (χ3v) is 5.84. The van der Waals surface area contributed by atoms with E-state index in [0.717, 1.165) is 22.6 Å². The number of carbonyl (C=O) groups excluding carboxylic acids is 2. The van der Waals surface area contributed by atoms with Crippen molar-refractivity contribution in [3.63, 3.8) is 0 Å². The Morgan fingerprint density at radius 2 is 1.87 bits per heavy atom. The number of nitrogens with one attached hydrogen (secondary N) is 1. The maximum absolute atomic E-state index is 12.7. The highest BCUT2D eigenvalue weighted by Gasteiger charge is 2.27. The van der Waals surface area contributed by atoms with E-state index >= 15 is 0 Å². The average molecular weight is 406 g/mol. The molecule has 156 valence electrons. The number of aromatic nitrogens is 4. The van der Waals surface area contributed by atoms with E-state index in [9.17, 15) is 9.59 Å². The summed E-state index contributed by atoms with van der Waals surface area (Å²) in [7, 11) is 0. The van der Waals surface area contributed by atoms with E-state index in [-0.39, 0.29) is 17.7 Å². The molecule has 2 amide bonds. The molecule has 1 saturated heterocycles. The minimum Gasteiger partial charge on any atom is -0.343 e. The molecule has 1 N–H and O–H groups in total. The molecule has 2 aromatic heterocycles. The smallest absolute Gasteiger partial charge is 0.252 e. The Morgan fingerprint density at radius 1 is 1.13 bits per heavy atom. The minimum atomic E-state index is -0.0577. The largest absolute Gasteiger partial charge is 0.343 e. The Hall–Kier alpha value is -3.29. The lowest BCUT2D eigenvalue weighted by molar-refractivity contribution is -0.134. The fraction of sp³-hybridized carbons (Fsp3) is 0.409. The number of piperidine rings is 1. The van der Waals surface area contributed by atoms with E-state index in [1.165, 1.54) is 6.33 Å². The molecule has 4 rings (SSSR count). The van der Waals surface area contributed by atoms with Gasteiger partial charge in [-0.1, -0.05) is 18.2 Å². The third-order valence-electron chi connectivity index (χ3n) is 5.84. The number of amides is 2. The van der Waals surface area contributed by atoms with Gasteiger partial charge in [0.1, 0.15) is 6.33 Å². The highest BCUT2D eigenvalue weighted by molar-refractivity contribution is 5.92. The number of nitrogens with zero attached hydrogens (tertiary/aromatic N) is 5. The minimum absolute atomic E-state index is 0.0340. The molecule has 0 atom stereocenters. The first-order chi connectivity index (χ1) is 14.5. The first-order valence-corrected chi connectivity index (χ1v) is 10.3. The van der Waals surface area contributed by atoms with E-state index in [1.54, 1.807) is 4.52 Å². The van der Waals surface area contributed by atoms with Crippen molar-refractivity contribution in [1.29, 1.82) is 0 Å². The molecule has 8 nitrogen and oxygen atoms in total. The summed E-state index contributed by atoms with van der Waals surface area (Å²) in [5.74, 6) is 0.676. The Labute approximate surface area is 175 Å². The number of fused-ring (bicyclic) bond motifs is 1. The van der Waals surface area contributed by atoms with E-state index in [0.29, 0.717) is 44.6 Å². The number of anilines is 1. The highest BCUT2D eigenvalue weighted by Crippen LogP contribution is 2.21. The van der Waals surface area contributed by atoms with Gasteiger partial charge in [-0.15, -0.1) is 0 Å². The number of aryl methyl sites for hydroxylation is 2. The van der Waals surface area contributed by atoms with Crippen LogP contribution < -0.4 is 5.32 Å². The molecule has 3 heterocycles. The normalized spacial score (nSPS) is 14.8. The SMILES string of the molecule is Cc1nc2ncnn2c(C)c1CCC(=O)N1CCC(C(=O)Nc2ccccc2)CC1. The van der Waals surface area contributed by atoms with Crippen molar-refractivity contribution in [2.75, 3.05) is 18.4 Å². The molecule has 1 fully saturated rings. The lowest BCUT2D eigenvalue weighted by Crippen LogP contribution is -2.41. The molecule has 0 bridgehead atoms. The van der Waals surface area contributed by atoms with Crippen LogP contribution in [-0.2, 0) is 16.0 Å². The maximum atomic E-state index is 12.7. The lowest BCUT2D eigenvalue weighted by Gasteiger charge is -2.31. The van der Waals surface area contributed by atoms with Crippen LogP contribution in [0.3, 0.4) is 0 Å². The maximum Gasteiger partial charge on any atom is 0.252 e. The number of benzene rings is 1. The van der Waals surface area contributed by atoms with Gasteiger partial charge in [-0.05, 0) is 50.8 Å². The van der Waals surface area contributed by atoms with Crippen LogP contribution >= 0.6 is 0 Å². The molecule has 30 heavy (non-hydrogen) atoms. The third kappa shape index (κ3) is 4.17. The standard InChI is InChI=1S/C22H26N6O2/c1-15-19(16(2)28-22(25-15)23-14-24-28)8-9-20(29)27-12-10-17(11-13-27)21(30)26-18-6-4-3-5-7-18/h3-7,14,17H,8-13H2,1-2H3,(H,26,30). The van der Waals surface area contributed by atoms with Crippen LogP contribution in [0.2, 0.25) is 0 Å². The van der Waals surface area contributed by atoms with Crippen LogP contribution in [0.1, 0.15) is 36.2 Å². The molecule has 8 heteroatoms. The second kappa shape index (κ2) is 8.61. The van der Waals surface area contributed by atoms with Crippen molar-refractivity contribution >= 4 is 23.3 Å². The van der Waals surface area contributed by atoms with Crippen molar-refractivity contribution in [3.05, 3.63) is 53.6 Å². The van der Waals surface area contributed by atoms with E-state index < -0.39 is 0 Å². The first kappa shape index (κ1) is 20.0. The Bertz CT molecular complexity index is 1050. The van der Waals surface area contributed by atoms with Gasteiger partial charge in [0, 0.05) is 42.5 Å². The Kier molecular flexibility index (Phi) is 5.74. The second-order valence-electron chi connectivity index (χ2n) is 7.74. The molecule has 1 aliphatic rings. The molecule has 1 aliphatic heterocycles. The van der Waals surface area contributed by atoms with Gasteiger partial charge in [0.15, 0.2) is 0 Å². The summed E-state index contributed by atoms with van der Waals surface area (Å²) in [6.45, 7) is 5.15. The van der Waals surface area contributed by atoms with E-state index in [1.807, 2.05) is 49.1 Å². The van der Waals surface area contributed by atoms with Crippen LogP contribution in [-0.4, -0.2) is 49.4 Å². The van der Waals surface area contributed by atoms with E-state index in [2.05, 4.69) is 20.4 Å². The van der Waals surface area contributed by atoms with Gasteiger partial charge in [0.2, 0.25) is 11.8 Å². The summed E-state index contributed by atoms with van der Waals surface area (Å²) >= 11 is 0. The van der Waals surface area contributed by atoms with Gasteiger partial charge in [-0.3, -0.25) is 9.59 Å². The predicted molar refractivity (Wildman–Crippen MR) is 113 cm³/mol. The van der Waals surface area contributed by atoms with Gasteiger partial charge >= 0.3 is 0 Å². The molecular weight excluding hydrogens is 380 g/mol. The van der Waals surface area contributed by atoms with Gasteiger partial charge in [0.25, 0.3) is 5.78 Å². The number of carbonyl (C=O) groups is 2. The summed E-state index contributed by atoms with van der Waals surface area (Å²) in [6, 6.07) is 9.48. The van der Waals surface area contributed by atoms with Crippen molar-refractivity contribution in [3.8, 4) is 0 Å². The zero-order valence-corrected chi connectivity index (χ0v) is 17.3. The van der Waals surface area contributed by atoms with Gasteiger partial charge in [0.05, 0.1) is 0 Å². The van der Waals surface area contributed by atoms with Crippen molar-refractivity contribution < 1.29 is 9.59 Å². The summed E-state index contributed by atoms with van der Waals surface area (Å²) < 4.78 is 1.71. The lowest BCUT2D eigenvalue weighted by atomic mass is 9.95. The summed E-state index contributed by atoms with van der Waals surface area (Å²) in [5.41, 5.74) is 3.71. The molecule has 0 radical (unpaired) electrons. The first-order valence-electron chi connectivity index (χ1n) is 10.3. The van der Waals surface area contributed by atoms with Crippen molar-refractivity contribution in [2.45, 2.75) is 39.5 Å². The second-order valence-corrected chi connectivity index (χ2v) is 7.74. The zero-order valence-electron chi connectivity index (χ0n) is 17.3.